The minimum Gasteiger partial charge on any atom is -0.459 e. The van der Waals surface area contributed by atoms with Crippen LogP contribution in [0.4, 0.5) is 4.39 Å². The number of hydrogen-bond acceptors (Lipinski definition) is 2. The predicted octanol–water partition coefficient (Wildman–Crippen LogP) is 4.97. The van der Waals surface area contributed by atoms with Crippen molar-refractivity contribution in [3.63, 3.8) is 0 Å². The highest BCUT2D eigenvalue weighted by molar-refractivity contribution is 5.81. The third-order valence-corrected chi connectivity index (χ3v) is 3.24. The van der Waals surface area contributed by atoms with Crippen LogP contribution in [-0.4, -0.2) is 18.7 Å². The van der Waals surface area contributed by atoms with Gasteiger partial charge in [-0.3, -0.25) is 4.39 Å². The van der Waals surface area contributed by atoms with E-state index in [-0.39, 0.29) is 18.7 Å². The van der Waals surface area contributed by atoms with Crippen LogP contribution in [0.15, 0.2) is 12.7 Å². The van der Waals surface area contributed by atoms with Gasteiger partial charge in [0.05, 0.1) is 6.67 Å². The van der Waals surface area contributed by atoms with Crippen molar-refractivity contribution in [2.75, 3.05) is 6.67 Å². The number of unbranched alkanes of at least 4 members (excludes halogenated alkanes) is 6. The molecule has 0 aliphatic carbocycles. The molecule has 0 saturated heterocycles. The summed E-state index contributed by atoms with van der Waals surface area (Å²) in [6.07, 6.45) is 11.5. The van der Waals surface area contributed by atoms with Crippen LogP contribution < -0.4 is 0 Å². The van der Waals surface area contributed by atoms with Gasteiger partial charge in [0.2, 0.25) is 0 Å². The Morgan fingerprint density at radius 3 is 2.26 bits per heavy atom. The summed E-state index contributed by atoms with van der Waals surface area (Å²) in [5, 5.41) is 0. The third kappa shape index (κ3) is 11.9. The number of halogens is 1. The van der Waals surface area contributed by atoms with Crippen molar-refractivity contribution in [3.8, 4) is 0 Å². The first-order chi connectivity index (χ1) is 9.24. The number of carbonyl (C=O) groups is 1. The van der Waals surface area contributed by atoms with Gasteiger partial charge in [-0.25, -0.2) is 4.79 Å². The van der Waals surface area contributed by atoms with Crippen LogP contribution in [0.2, 0.25) is 0 Å². The molecule has 112 valence electrons. The molecule has 0 aliphatic rings. The van der Waals surface area contributed by atoms with Crippen molar-refractivity contribution >= 4 is 5.97 Å². The Morgan fingerprint density at radius 2 is 1.68 bits per heavy atom. The van der Waals surface area contributed by atoms with Crippen LogP contribution in [0.3, 0.4) is 0 Å². The number of rotatable bonds is 13. The molecule has 1 unspecified atom stereocenters. The lowest BCUT2D eigenvalue weighted by Crippen LogP contribution is -2.17. The number of hydrogen-bond donors (Lipinski definition) is 0. The van der Waals surface area contributed by atoms with Gasteiger partial charge in [-0.2, -0.15) is 0 Å². The molecule has 0 amide bonds. The summed E-state index contributed by atoms with van der Waals surface area (Å²) in [5.74, 6) is -0.365. The fourth-order valence-electron chi connectivity index (χ4n) is 2.09. The molecule has 0 spiro atoms. The minimum absolute atomic E-state index is 0.0665. The maximum Gasteiger partial charge on any atom is 0.330 e. The van der Waals surface area contributed by atoms with Gasteiger partial charge in [-0.05, 0) is 32.1 Å². The molecule has 0 aromatic carbocycles. The molecule has 3 heteroatoms. The van der Waals surface area contributed by atoms with E-state index in [2.05, 4.69) is 13.5 Å². The average Bonchev–Trinajstić information content (AvgIpc) is 2.42. The lowest BCUT2D eigenvalue weighted by atomic mass is 10.0. The van der Waals surface area contributed by atoms with Crippen molar-refractivity contribution in [1.82, 2.24) is 0 Å². The first-order valence-corrected chi connectivity index (χ1v) is 7.63. The summed E-state index contributed by atoms with van der Waals surface area (Å²) < 4.78 is 17.4. The fourth-order valence-corrected chi connectivity index (χ4v) is 2.09. The van der Waals surface area contributed by atoms with Crippen LogP contribution in [0.1, 0.15) is 71.1 Å². The van der Waals surface area contributed by atoms with Gasteiger partial charge in [0.25, 0.3) is 0 Å². The van der Waals surface area contributed by atoms with E-state index in [1.807, 2.05) is 0 Å². The Kier molecular flexibility index (Phi) is 13.0. The van der Waals surface area contributed by atoms with Crippen molar-refractivity contribution in [1.29, 1.82) is 0 Å². The summed E-state index contributed by atoms with van der Waals surface area (Å²) in [6, 6.07) is 0. The van der Waals surface area contributed by atoms with Gasteiger partial charge in [-0.1, -0.05) is 45.6 Å². The molecule has 0 aromatic heterocycles. The zero-order chi connectivity index (χ0) is 14.3. The number of ether oxygens (including phenoxy) is 1. The summed E-state index contributed by atoms with van der Waals surface area (Å²) in [6.45, 7) is 5.32. The minimum atomic E-state index is -0.365. The topological polar surface area (TPSA) is 26.3 Å². The Morgan fingerprint density at radius 1 is 1.11 bits per heavy atom. The second-order valence-electron chi connectivity index (χ2n) is 5.00. The Bertz CT molecular complexity index is 229. The molecular formula is C16H29FO2. The molecule has 0 bridgehead atoms. The molecule has 0 rings (SSSR count). The number of alkyl halides is 1. The van der Waals surface area contributed by atoms with E-state index in [4.69, 9.17) is 4.74 Å². The molecule has 0 aromatic rings. The second-order valence-corrected chi connectivity index (χ2v) is 5.00. The van der Waals surface area contributed by atoms with Gasteiger partial charge >= 0.3 is 5.97 Å². The quantitative estimate of drug-likeness (QED) is 0.269. The van der Waals surface area contributed by atoms with E-state index in [1.165, 1.54) is 38.2 Å². The first-order valence-electron chi connectivity index (χ1n) is 7.63. The number of carbonyl (C=O) groups excluding carboxylic acids is 1. The Hall–Kier alpha value is -0.860. The van der Waals surface area contributed by atoms with Crippen molar-refractivity contribution < 1.29 is 13.9 Å². The predicted molar refractivity (Wildman–Crippen MR) is 77.9 cm³/mol. The number of esters is 1. The zero-order valence-electron chi connectivity index (χ0n) is 12.3. The van der Waals surface area contributed by atoms with Crippen LogP contribution in [0, 0.1) is 0 Å². The van der Waals surface area contributed by atoms with Crippen LogP contribution in [-0.2, 0) is 9.53 Å². The lowest BCUT2D eigenvalue weighted by molar-refractivity contribution is -0.143. The molecule has 0 aliphatic heterocycles. The highest BCUT2D eigenvalue weighted by atomic mass is 19.1. The summed E-state index contributed by atoms with van der Waals surface area (Å²) in [5.41, 5.74) is 0. The molecule has 1 atom stereocenters. The summed E-state index contributed by atoms with van der Waals surface area (Å²) >= 11 is 0. The van der Waals surface area contributed by atoms with Gasteiger partial charge in [0.1, 0.15) is 6.10 Å². The SMILES string of the molecule is C=CC(=O)OC(CCCCF)CCCCCCCC. The highest BCUT2D eigenvalue weighted by Gasteiger charge is 2.12. The molecule has 2 nitrogen and oxygen atoms in total. The molecule has 19 heavy (non-hydrogen) atoms. The fraction of sp³-hybridized carbons (Fsp3) is 0.812. The van der Waals surface area contributed by atoms with Gasteiger partial charge < -0.3 is 4.74 Å². The van der Waals surface area contributed by atoms with Gasteiger partial charge in [-0.15, -0.1) is 0 Å². The second kappa shape index (κ2) is 13.6. The van der Waals surface area contributed by atoms with E-state index in [0.29, 0.717) is 6.42 Å². The standard InChI is InChI=1S/C16H29FO2/c1-3-5-6-7-8-9-12-15(13-10-11-14-17)19-16(18)4-2/h4,15H,2-3,5-14H2,1H3. The average molecular weight is 272 g/mol. The molecular weight excluding hydrogens is 243 g/mol. The smallest absolute Gasteiger partial charge is 0.330 e. The molecule has 0 N–H and O–H groups in total. The lowest BCUT2D eigenvalue weighted by Gasteiger charge is -2.16. The molecule has 0 heterocycles. The van der Waals surface area contributed by atoms with Crippen LogP contribution in [0.25, 0.3) is 0 Å². The Balaban J connectivity index is 3.77. The molecule has 0 radical (unpaired) electrons. The van der Waals surface area contributed by atoms with Gasteiger partial charge in [0.15, 0.2) is 0 Å². The monoisotopic (exact) mass is 272 g/mol. The van der Waals surface area contributed by atoms with E-state index in [9.17, 15) is 9.18 Å². The van der Waals surface area contributed by atoms with E-state index >= 15 is 0 Å². The van der Waals surface area contributed by atoms with Crippen molar-refractivity contribution in [2.24, 2.45) is 0 Å². The Labute approximate surface area is 117 Å². The molecule has 0 fully saturated rings. The first kappa shape index (κ1) is 18.1. The third-order valence-electron chi connectivity index (χ3n) is 3.24. The highest BCUT2D eigenvalue weighted by Crippen LogP contribution is 2.15. The zero-order valence-corrected chi connectivity index (χ0v) is 12.3. The van der Waals surface area contributed by atoms with Crippen molar-refractivity contribution in [2.45, 2.75) is 77.2 Å². The van der Waals surface area contributed by atoms with E-state index in [1.54, 1.807) is 0 Å². The maximum absolute atomic E-state index is 12.1. The largest absolute Gasteiger partial charge is 0.459 e. The summed E-state index contributed by atoms with van der Waals surface area (Å²) in [4.78, 5) is 11.2. The van der Waals surface area contributed by atoms with Crippen LogP contribution in [0.5, 0.6) is 0 Å². The van der Waals surface area contributed by atoms with Gasteiger partial charge in [0, 0.05) is 6.08 Å². The van der Waals surface area contributed by atoms with E-state index < -0.39 is 0 Å². The maximum atomic E-state index is 12.1. The normalized spacial score (nSPS) is 12.1. The molecule has 0 saturated carbocycles. The van der Waals surface area contributed by atoms with E-state index in [0.717, 1.165) is 25.7 Å². The van der Waals surface area contributed by atoms with Crippen LogP contribution >= 0.6 is 0 Å². The van der Waals surface area contributed by atoms with Crippen molar-refractivity contribution in [3.05, 3.63) is 12.7 Å². The summed E-state index contributed by atoms with van der Waals surface area (Å²) in [7, 11) is 0.